The van der Waals surface area contributed by atoms with Crippen LogP contribution in [0.5, 0.6) is 11.5 Å². The zero-order chi connectivity index (χ0) is 21.2. The summed E-state index contributed by atoms with van der Waals surface area (Å²) in [6.07, 6.45) is 3.91. The number of rotatable bonds is 9. The maximum absolute atomic E-state index is 12.2. The first-order valence-corrected chi connectivity index (χ1v) is 10.3. The lowest BCUT2D eigenvalue weighted by Crippen LogP contribution is -2.47. The standard InChI is InChI=1S/C24H30N2O4/c1-3-7-19-10-11-22(23(14-19)28-2)30-18-24(27)25-15-21-17-26(12-13-29-21)16-20-8-5-4-6-9-20/h3-11,14,21H,12-13,15-18H2,1-2H3,(H,25,27)/b7-3+. The summed E-state index contributed by atoms with van der Waals surface area (Å²) in [5.74, 6) is 0.966. The van der Waals surface area contributed by atoms with E-state index in [2.05, 4.69) is 34.5 Å². The van der Waals surface area contributed by atoms with E-state index >= 15 is 0 Å². The molecule has 2 aromatic rings. The van der Waals surface area contributed by atoms with Crippen LogP contribution in [0.25, 0.3) is 6.08 Å². The van der Waals surface area contributed by atoms with Gasteiger partial charge in [0, 0.05) is 26.2 Å². The average molecular weight is 411 g/mol. The van der Waals surface area contributed by atoms with Gasteiger partial charge >= 0.3 is 0 Å². The summed E-state index contributed by atoms with van der Waals surface area (Å²) < 4.78 is 16.8. The molecule has 1 fully saturated rings. The highest BCUT2D eigenvalue weighted by molar-refractivity contribution is 5.77. The van der Waals surface area contributed by atoms with Crippen LogP contribution >= 0.6 is 0 Å². The highest BCUT2D eigenvalue weighted by atomic mass is 16.5. The minimum absolute atomic E-state index is 0.0268. The molecule has 2 aromatic carbocycles. The summed E-state index contributed by atoms with van der Waals surface area (Å²) in [7, 11) is 1.59. The summed E-state index contributed by atoms with van der Waals surface area (Å²) in [6.45, 7) is 5.59. The molecule has 1 saturated heterocycles. The second-order valence-corrected chi connectivity index (χ2v) is 7.22. The number of ether oxygens (including phenoxy) is 3. The Morgan fingerprint density at radius 2 is 2.07 bits per heavy atom. The van der Waals surface area contributed by atoms with Crippen molar-refractivity contribution < 1.29 is 19.0 Å². The highest BCUT2D eigenvalue weighted by Gasteiger charge is 2.21. The van der Waals surface area contributed by atoms with Crippen molar-refractivity contribution in [2.24, 2.45) is 0 Å². The quantitative estimate of drug-likeness (QED) is 0.688. The molecule has 1 atom stereocenters. The number of carbonyl (C=O) groups is 1. The number of nitrogens with zero attached hydrogens (tertiary/aromatic N) is 1. The molecular weight excluding hydrogens is 380 g/mol. The van der Waals surface area contributed by atoms with Crippen LogP contribution in [0.1, 0.15) is 18.1 Å². The van der Waals surface area contributed by atoms with Gasteiger partial charge in [-0.05, 0) is 30.2 Å². The fourth-order valence-corrected chi connectivity index (χ4v) is 3.41. The summed E-state index contributed by atoms with van der Waals surface area (Å²) in [5.41, 5.74) is 2.30. The van der Waals surface area contributed by atoms with Gasteiger partial charge in [-0.2, -0.15) is 0 Å². The molecule has 30 heavy (non-hydrogen) atoms. The molecule has 1 amide bonds. The molecule has 0 saturated carbocycles. The Kier molecular flexibility index (Phi) is 8.30. The third-order valence-electron chi connectivity index (χ3n) is 4.90. The molecule has 0 bridgehead atoms. The van der Waals surface area contributed by atoms with Gasteiger partial charge in [0.2, 0.25) is 0 Å². The van der Waals surface area contributed by atoms with E-state index in [-0.39, 0.29) is 18.6 Å². The van der Waals surface area contributed by atoms with Crippen molar-refractivity contribution in [1.82, 2.24) is 10.2 Å². The molecule has 1 unspecified atom stereocenters. The number of benzene rings is 2. The third-order valence-corrected chi connectivity index (χ3v) is 4.90. The van der Waals surface area contributed by atoms with Gasteiger partial charge in [-0.25, -0.2) is 0 Å². The summed E-state index contributed by atoms with van der Waals surface area (Å²) >= 11 is 0. The maximum atomic E-state index is 12.2. The van der Waals surface area contributed by atoms with E-state index in [0.29, 0.717) is 24.7 Å². The lowest BCUT2D eigenvalue weighted by Gasteiger charge is -2.33. The Balaban J connectivity index is 1.43. The smallest absolute Gasteiger partial charge is 0.258 e. The van der Waals surface area contributed by atoms with E-state index in [9.17, 15) is 4.79 Å². The number of hydrogen-bond donors (Lipinski definition) is 1. The Hall–Kier alpha value is -2.83. The Labute approximate surface area is 178 Å². The number of hydrogen-bond acceptors (Lipinski definition) is 5. The van der Waals surface area contributed by atoms with Crippen LogP contribution in [0.4, 0.5) is 0 Å². The molecule has 6 heteroatoms. The first-order chi connectivity index (χ1) is 14.7. The van der Waals surface area contributed by atoms with E-state index in [1.165, 1.54) is 5.56 Å². The van der Waals surface area contributed by atoms with E-state index in [0.717, 1.165) is 25.2 Å². The largest absolute Gasteiger partial charge is 0.493 e. The maximum Gasteiger partial charge on any atom is 0.258 e. The van der Waals surface area contributed by atoms with Crippen molar-refractivity contribution in [1.29, 1.82) is 0 Å². The zero-order valence-corrected chi connectivity index (χ0v) is 17.7. The van der Waals surface area contributed by atoms with Crippen molar-refractivity contribution in [2.75, 3.05) is 40.0 Å². The monoisotopic (exact) mass is 410 g/mol. The van der Waals surface area contributed by atoms with Crippen LogP contribution in [0, 0.1) is 0 Å². The number of methoxy groups -OCH3 is 1. The molecule has 1 aliphatic rings. The van der Waals surface area contributed by atoms with E-state index < -0.39 is 0 Å². The minimum atomic E-state index is -0.182. The van der Waals surface area contributed by atoms with Gasteiger partial charge in [0.1, 0.15) is 0 Å². The van der Waals surface area contributed by atoms with Gasteiger partial charge in [-0.1, -0.05) is 48.6 Å². The number of nitrogens with one attached hydrogen (secondary N) is 1. The van der Waals surface area contributed by atoms with Gasteiger partial charge < -0.3 is 19.5 Å². The van der Waals surface area contributed by atoms with E-state index in [1.54, 1.807) is 7.11 Å². The Morgan fingerprint density at radius 1 is 1.23 bits per heavy atom. The van der Waals surface area contributed by atoms with Crippen LogP contribution < -0.4 is 14.8 Å². The topological polar surface area (TPSA) is 60.0 Å². The molecule has 0 radical (unpaired) electrons. The predicted octanol–water partition coefficient (Wildman–Crippen LogP) is 3.12. The van der Waals surface area contributed by atoms with Crippen LogP contribution in [0.2, 0.25) is 0 Å². The summed E-state index contributed by atoms with van der Waals surface area (Å²) in [5, 5.41) is 2.91. The van der Waals surface area contributed by atoms with Gasteiger partial charge in [0.05, 0.1) is 19.8 Å². The predicted molar refractivity (Wildman–Crippen MR) is 118 cm³/mol. The van der Waals surface area contributed by atoms with E-state index in [4.69, 9.17) is 14.2 Å². The van der Waals surface area contributed by atoms with Crippen molar-refractivity contribution in [3.8, 4) is 11.5 Å². The van der Waals surface area contributed by atoms with Gasteiger partial charge in [-0.15, -0.1) is 0 Å². The first-order valence-electron chi connectivity index (χ1n) is 10.3. The normalized spacial score (nSPS) is 17.1. The zero-order valence-electron chi connectivity index (χ0n) is 17.7. The van der Waals surface area contributed by atoms with E-state index in [1.807, 2.05) is 43.3 Å². The second kappa shape index (κ2) is 11.4. The third kappa shape index (κ3) is 6.61. The Morgan fingerprint density at radius 3 is 2.83 bits per heavy atom. The van der Waals surface area contributed by atoms with Gasteiger partial charge in [0.15, 0.2) is 18.1 Å². The van der Waals surface area contributed by atoms with Crippen molar-refractivity contribution in [2.45, 2.75) is 19.6 Å². The molecule has 160 valence electrons. The molecular formula is C24H30N2O4. The van der Waals surface area contributed by atoms with Crippen LogP contribution in [0.15, 0.2) is 54.6 Å². The molecule has 1 heterocycles. The fraction of sp³-hybridized carbons (Fsp3) is 0.375. The van der Waals surface area contributed by atoms with Crippen LogP contribution in [-0.2, 0) is 16.1 Å². The Bertz CT molecular complexity index is 838. The number of allylic oxidation sites excluding steroid dienone is 1. The number of morpholine rings is 1. The minimum Gasteiger partial charge on any atom is -0.493 e. The molecule has 0 aliphatic carbocycles. The van der Waals surface area contributed by atoms with Gasteiger partial charge in [0.25, 0.3) is 5.91 Å². The average Bonchev–Trinajstić information content (AvgIpc) is 2.78. The van der Waals surface area contributed by atoms with Crippen molar-refractivity contribution in [3.05, 3.63) is 65.7 Å². The molecule has 0 spiro atoms. The number of amides is 1. The molecule has 1 aliphatic heterocycles. The van der Waals surface area contributed by atoms with Gasteiger partial charge in [-0.3, -0.25) is 9.69 Å². The highest BCUT2D eigenvalue weighted by Crippen LogP contribution is 2.28. The first kappa shape index (κ1) is 21.9. The van der Waals surface area contributed by atoms with Crippen molar-refractivity contribution >= 4 is 12.0 Å². The molecule has 6 nitrogen and oxygen atoms in total. The summed E-state index contributed by atoms with van der Waals surface area (Å²) in [4.78, 5) is 14.6. The second-order valence-electron chi connectivity index (χ2n) is 7.22. The lowest BCUT2D eigenvalue weighted by atomic mass is 10.2. The fourth-order valence-electron chi connectivity index (χ4n) is 3.41. The molecule has 0 aromatic heterocycles. The lowest BCUT2D eigenvalue weighted by molar-refractivity contribution is -0.124. The SMILES string of the molecule is C/C=C/c1ccc(OCC(=O)NCC2CN(Cc3ccccc3)CCO2)c(OC)c1. The molecule has 3 rings (SSSR count). The van der Waals surface area contributed by atoms with Crippen molar-refractivity contribution in [3.63, 3.8) is 0 Å². The number of carbonyl (C=O) groups excluding carboxylic acids is 1. The summed E-state index contributed by atoms with van der Waals surface area (Å²) in [6, 6.07) is 16.0. The van der Waals surface area contributed by atoms with Crippen LogP contribution in [-0.4, -0.2) is 56.9 Å². The van der Waals surface area contributed by atoms with Crippen LogP contribution in [0.3, 0.4) is 0 Å². The molecule has 1 N–H and O–H groups in total.